The van der Waals surface area contributed by atoms with Crippen molar-refractivity contribution in [2.75, 3.05) is 14.2 Å². The van der Waals surface area contributed by atoms with Crippen molar-refractivity contribution in [1.29, 1.82) is 0 Å². The molecule has 0 spiro atoms. The van der Waals surface area contributed by atoms with Crippen molar-refractivity contribution < 1.29 is 28.9 Å². The first-order valence-electron chi connectivity index (χ1n) is 9.15. The second-order valence-corrected chi connectivity index (χ2v) is 7.41. The first-order valence-corrected chi connectivity index (χ1v) is 9.15. The van der Waals surface area contributed by atoms with Crippen LogP contribution in [0, 0.1) is 0 Å². The van der Waals surface area contributed by atoms with Crippen LogP contribution in [-0.2, 0) is 4.74 Å². The first-order chi connectivity index (χ1) is 13.7. The normalized spacial score (nSPS) is 13.2. The zero-order valence-corrected chi connectivity index (χ0v) is 17.3. The number of carbonyl (C=O) groups excluding carboxylic acids is 2. The molecule has 29 heavy (non-hydrogen) atoms. The fourth-order valence-electron chi connectivity index (χ4n) is 2.75. The van der Waals surface area contributed by atoms with Crippen molar-refractivity contribution in [2.45, 2.75) is 38.5 Å². The van der Waals surface area contributed by atoms with Crippen molar-refractivity contribution in [3.8, 4) is 11.5 Å². The first kappa shape index (κ1) is 22.2. The third-order valence-corrected chi connectivity index (χ3v) is 4.10. The Bertz CT molecular complexity index is 841. The lowest BCUT2D eigenvalue weighted by atomic mass is 9.94. The van der Waals surface area contributed by atoms with E-state index in [9.17, 15) is 14.7 Å². The monoisotopic (exact) mass is 401 g/mol. The van der Waals surface area contributed by atoms with Gasteiger partial charge in [-0.3, -0.25) is 4.79 Å². The number of rotatable bonds is 7. The number of hydrogen-bond donors (Lipinski definition) is 2. The number of amides is 1. The highest BCUT2D eigenvalue weighted by Crippen LogP contribution is 2.26. The van der Waals surface area contributed by atoms with Gasteiger partial charge in [-0.15, -0.1) is 0 Å². The molecule has 0 saturated carbocycles. The fourth-order valence-corrected chi connectivity index (χ4v) is 2.75. The van der Waals surface area contributed by atoms with E-state index in [0.717, 1.165) is 0 Å². The fraction of sp³-hybridized carbons (Fsp3) is 0.364. The van der Waals surface area contributed by atoms with Crippen molar-refractivity contribution >= 4 is 11.9 Å². The quantitative estimate of drug-likeness (QED) is 0.690. The molecule has 2 atom stereocenters. The molecule has 2 N–H and O–H groups in total. The van der Waals surface area contributed by atoms with Crippen LogP contribution < -0.4 is 14.8 Å². The number of methoxy groups -OCH3 is 2. The maximum Gasteiger partial charge on any atom is 0.408 e. The Morgan fingerprint density at radius 2 is 1.59 bits per heavy atom. The van der Waals surface area contributed by atoms with Crippen LogP contribution in [0.2, 0.25) is 0 Å². The summed E-state index contributed by atoms with van der Waals surface area (Å²) in [6.07, 6.45) is -2.31. The highest BCUT2D eigenvalue weighted by molar-refractivity contribution is 6.02. The molecule has 0 heterocycles. The van der Waals surface area contributed by atoms with Crippen LogP contribution in [0.15, 0.2) is 48.5 Å². The number of benzene rings is 2. The lowest BCUT2D eigenvalue weighted by Crippen LogP contribution is -2.42. The second kappa shape index (κ2) is 9.43. The molecule has 2 rings (SSSR count). The molecule has 0 saturated heterocycles. The molecular formula is C22H27NO6. The Kier molecular flexibility index (Phi) is 7.23. The lowest BCUT2D eigenvalue weighted by molar-refractivity contribution is 0.0407. The van der Waals surface area contributed by atoms with Crippen LogP contribution in [0.3, 0.4) is 0 Å². The van der Waals surface area contributed by atoms with Crippen molar-refractivity contribution in [3.05, 3.63) is 59.7 Å². The van der Waals surface area contributed by atoms with Crippen LogP contribution in [0.1, 0.15) is 42.7 Å². The standard InChI is InChI=1S/C22H27NO6/c1-22(2,3)29-21(26)23-18(14-10-12-15(27-4)13-11-14)20(25)19(24)16-8-6-7-9-17(16)28-5/h6-13,18,20,25H,1-5H3,(H,23,26)/t18-,20+/m0/s1. The predicted molar refractivity (Wildman–Crippen MR) is 108 cm³/mol. The Balaban J connectivity index is 2.36. The summed E-state index contributed by atoms with van der Waals surface area (Å²) < 4.78 is 15.7. The molecule has 0 aliphatic heterocycles. The Morgan fingerprint density at radius 1 is 0.966 bits per heavy atom. The van der Waals surface area contributed by atoms with Crippen LogP contribution in [0.4, 0.5) is 4.79 Å². The van der Waals surface area contributed by atoms with Crippen molar-refractivity contribution in [1.82, 2.24) is 5.32 Å². The molecule has 1 amide bonds. The molecule has 2 aromatic carbocycles. The minimum absolute atomic E-state index is 0.215. The molecule has 0 fully saturated rings. The van der Waals surface area contributed by atoms with E-state index in [1.54, 1.807) is 69.3 Å². The lowest BCUT2D eigenvalue weighted by Gasteiger charge is -2.27. The summed E-state index contributed by atoms with van der Waals surface area (Å²) >= 11 is 0. The highest BCUT2D eigenvalue weighted by atomic mass is 16.6. The van der Waals surface area contributed by atoms with Gasteiger partial charge in [0.2, 0.25) is 0 Å². The van der Waals surface area contributed by atoms with Crippen LogP contribution in [0.25, 0.3) is 0 Å². The van der Waals surface area contributed by atoms with Gasteiger partial charge in [-0.25, -0.2) is 4.79 Å². The van der Waals surface area contributed by atoms with E-state index in [4.69, 9.17) is 14.2 Å². The van der Waals surface area contributed by atoms with E-state index in [0.29, 0.717) is 17.1 Å². The molecule has 0 aliphatic carbocycles. The van der Waals surface area contributed by atoms with Crippen LogP contribution in [-0.4, -0.2) is 42.9 Å². The zero-order valence-electron chi connectivity index (χ0n) is 17.3. The summed E-state index contributed by atoms with van der Waals surface area (Å²) in [5.74, 6) is 0.358. The third-order valence-electron chi connectivity index (χ3n) is 4.10. The molecule has 0 bridgehead atoms. The van der Waals surface area contributed by atoms with Crippen LogP contribution >= 0.6 is 0 Å². The Morgan fingerprint density at radius 3 is 2.14 bits per heavy atom. The van der Waals surface area contributed by atoms with E-state index in [-0.39, 0.29) is 5.56 Å². The third kappa shape index (κ3) is 5.96. The average Bonchev–Trinajstić information content (AvgIpc) is 2.69. The maximum absolute atomic E-state index is 13.0. The van der Waals surface area contributed by atoms with Gasteiger partial charge in [0.25, 0.3) is 0 Å². The van der Waals surface area contributed by atoms with Crippen molar-refractivity contribution in [2.24, 2.45) is 0 Å². The molecular weight excluding hydrogens is 374 g/mol. The van der Waals surface area contributed by atoms with Gasteiger partial charge in [-0.2, -0.15) is 0 Å². The Hall–Kier alpha value is -3.06. The summed E-state index contributed by atoms with van der Waals surface area (Å²) in [4.78, 5) is 25.3. The minimum atomic E-state index is -1.56. The topological polar surface area (TPSA) is 94.1 Å². The largest absolute Gasteiger partial charge is 0.497 e. The smallest absolute Gasteiger partial charge is 0.408 e. The summed E-state index contributed by atoms with van der Waals surface area (Å²) in [7, 11) is 2.98. The number of nitrogens with one attached hydrogen (secondary N) is 1. The number of carbonyl (C=O) groups is 2. The molecule has 0 aliphatic rings. The van der Waals surface area contributed by atoms with Crippen molar-refractivity contribution in [3.63, 3.8) is 0 Å². The van der Waals surface area contributed by atoms with Gasteiger partial charge in [0.1, 0.15) is 23.2 Å². The number of ether oxygens (including phenoxy) is 3. The van der Waals surface area contributed by atoms with Gasteiger partial charge in [-0.05, 0) is 50.6 Å². The summed E-state index contributed by atoms with van der Waals surface area (Å²) in [6.45, 7) is 5.18. The SMILES string of the molecule is COc1ccc([C@H](NC(=O)OC(C)(C)C)[C@@H](O)C(=O)c2ccccc2OC)cc1. The molecule has 0 unspecified atom stereocenters. The number of aliphatic hydroxyl groups excluding tert-OH is 1. The van der Waals surface area contributed by atoms with Gasteiger partial charge >= 0.3 is 6.09 Å². The highest BCUT2D eigenvalue weighted by Gasteiger charge is 2.32. The number of Topliss-reactive ketones (excluding diaryl/α,β-unsaturated/α-hetero) is 1. The van der Waals surface area contributed by atoms with Gasteiger partial charge in [0.15, 0.2) is 5.78 Å². The Labute approximate surface area is 170 Å². The number of alkyl carbamates (subject to hydrolysis) is 1. The summed E-state index contributed by atoms with van der Waals surface area (Å²) in [5, 5.41) is 13.5. The second-order valence-electron chi connectivity index (χ2n) is 7.41. The van der Waals surface area contributed by atoms with E-state index in [2.05, 4.69) is 5.32 Å². The van der Waals surface area contributed by atoms with Gasteiger partial charge in [-0.1, -0.05) is 24.3 Å². The number of para-hydroxylation sites is 1. The minimum Gasteiger partial charge on any atom is -0.497 e. The van der Waals surface area contributed by atoms with Gasteiger partial charge in [0.05, 0.1) is 25.8 Å². The molecule has 0 radical (unpaired) electrons. The molecule has 2 aromatic rings. The number of hydrogen-bond acceptors (Lipinski definition) is 6. The molecule has 7 heteroatoms. The van der Waals surface area contributed by atoms with Gasteiger partial charge < -0.3 is 24.6 Å². The number of ketones is 1. The van der Waals surface area contributed by atoms with Crippen LogP contribution in [0.5, 0.6) is 11.5 Å². The average molecular weight is 401 g/mol. The number of aliphatic hydroxyl groups is 1. The molecule has 0 aromatic heterocycles. The molecule has 7 nitrogen and oxygen atoms in total. The predicted octanol–water partition coefficient (Wildman–Crippen LogP) is 3.51. The summed E-state index contributed by atoms with van der Waals surface area (Å²) in [5.41, 5.74) is 0.00556. The zero-order chi connectivity index (χ0) is 21.6. The van der Waals surface area contributed by atoms with E-state index < -0.39 is 29.6 Å². The molecule has 156 valence electrons. The van der Waals surface area contributed by atoms with E-state index >= 15 is 0 Å². The van der Waals surface area contributed by atoms with E-state index in [1.807, 2.05) is 0 Å². The summed E-state index contributed by atoms with van der Waals surface area (Å²) in [6, 6.07) is 12.2. The van der Waals surface area contributed by atoms with Gasteiger partial charge in [0, 0.05) is 0 Å². The maximum atomic E-state index is 13.0. The van der Waals surface area contributed by atoms with E-state index in [1.165, 1.54) is 14.2 Å².